The fourth-order valence-corrected chi connectivity index (χ4v) is 3.42. The summed E-state index contributed by atoms with van der Waals surface area (Å²) in [5, 5.41) is 24.1. The van der Waals surface area contributed by atoms with E-state index in [0.29, 0.717) is 23.6 Å². The normalized spacial score (nSPS) is 11.5. The Balaban J connectivity index is 2.07. The highest BCUT2D eigenvalue weighted by Gasteiger charge is 2.23. The molecule has 0 saturated carbocycles. The van der Waals surface area contributed by atoms with Gasteiger partial charge in [-0.05, 0) is 37.3 Å². The molecule has 0 fully saturated rings. The van der Waals surface area contributed by atoms with E-state index in [4.69, 9.17) is 9.47 Å². The fourth-order valence-electron chi connectivity index (χ4n) is 3.42. The van der Waals surface area contributed by atoms with Crippen molar-refractivity contribution in [2.75, 3.05) is 18.5 Å². The van der Waals surface area contributed by atoms with E-state index < -0.39 is 17.6 Å². The van der Waals surface area contributed by atoms with E-state index in [1.54, 1.807) is 26.8 Å². The number of amides is 1. The van der Waals surface area contributed by atoms with Gasteiger partial charge in [-0.3, -0.25) is 5.32 Å². The first-order valence-corrected chi connectivity index (χ1v) is 10.3. The van der Waals surface area contributed by atoms with E-state index in [2.05, 4.69) is 5.32 Å². The molecule has 3 aromatic rings. The predicted octanol–water partition coefficient (Wildman–Crippen LogP) is 4.83. The van der Waals surface area contributed by atoms with Gasteiger partial charge in [0.2, 0.25) is 0 Å². The van der Waals surface area contributed by atoms with Crippen LogP contribution in [0.15, 0.2) is 60.7 Å². The molecule has 3 N–H and O–H groups in total. The molecule has 31 heavy (non-hydrogen) atoms. The highest BCUT2D eigenvalue weighted by molar-refractivity contribution is 5.99. The third-order valence-electron chi connectivity index (χ3n) is 4.77. The molecule has 0 aliphatic carbocycles. The molecule has 0 radical (unpaired) electrons. The van der Waals surface area contributed by atoms with Crippen molar-refractivity contribution < 1.29 is 24.5 Å². The molecule has 3 aromatic carbocycles. The number of hydrogen-bond donors (Lipinski definition) is 3. The van der Waals surface area contributed by atoms with Crippen LogP contribution < -0.4 is 10.1 Å². The summed E-state index contributed by atoms with van der Waals surface area (Å²) in [6.07, 6.45) is -0.618. The Labute approximate surface area is 182 Å². The molecule has 164 valence electrons. The molecule has 0 heterocycles. The van der Waals surface area contributed by atoms with Crippen molar-refractivity contribution in [3.05, 3.63) is 71.8 Å². The Hall–Kier alpha value is -3.09. The first-order valence-electron chi connectivity index (χ1n) is 10.3. The highest BCUT2D eigenvalue weighted by atomic mass is 16.6. The Morgan fingerprint density at radius 1 is 0.968 bits per heavy atom. The van der Waals surface area contributed by atoms with Gasteiger partial charge < -0.3 is 19.7 Å². The Kier molecular flexibility index (Phi) is 7.15. The molecule has 0 aromatic heterocycles. The molecule has 0 saturated heterocycles. The smallest absolute Gasteiger partial charge is 0.412 e. The summed E-state index contributed by atoms with van der Waals surface area (Å²) < 4.78 is 11.5. The van der Waals surface area contributed by atoms with Crippen LogP contribution in [-0.4, -0.2) is 35.1 Å². The Bertz CT molecular complexity index is 1020. The van der Waals surface area contributed by atoms with Crippen molar-refractivity contribution in [1.29, 1.82) is 0 Å². The lowest BCUT2D eigenvalue weighted by Crippen LogP contribution is -2.28. The van der Waals surface area contributed by atoms with E-state index in [0.717, 1.165) is 16.3 Å². The lowest BCUT2D eigenvalue weighted by molar-refractivity contribution is 0.0635. The van der Waals surface area contributed by atoms with Gasteiger partial charge in [0.15, 0.2) is 0 Å². The van der Waals surface area contributed by atoms with Gasteiger partial charge in [0.1, 0.15) is 18.0 Å². The van der Waals surface area contributed by atoms with E-state index >= 15 is 0 Å². The summed E-state index contributed by atoms with van der Waals surface area (Å²) in [6.45, 7) is 5.17. The molecule has 6 nitrogen and oxygen atoms in total. The van der Waals surface area contributed by atoms with Gasteiger partial charge in [0.25, 0.3) is 0 Å². The summed E-state index contributed by atoms with van der Waals surface area (Å²) in [5.74, 6) is 0.0156. The van der Waals surface area contributed by atoms with Crippen LogP contribution in [0.4, 0.5) is 10.5 Å². The van der Waals surface area contributed by atoms with Crippen LogP contribution in [0.1, 0.15) is 37.8 Å². The number of rotatable bonds is 7. The number of nitrogens with one attached hydrogen (secondary N) is 1. The zero-order chi connectivity index (χ0) is 22.4. The summed E-state index contributed by atoms with van der Waals surface area (Å²) in [6, 6.07) is 19.1. The fraction of sp³-hybridized carbons (Fsp3) is 0.320. The second-order valence-corrected chi connectivity index (χ2v) is 8.34. The molecule has 3 rings (SSSR count). The number of aliphatic hydroxyl groups excluding tert-OH is 2. The quantitative estimate of drug-likeness (QED) is 0.506. The summed E-state index contributed by atoms with van der Waals surface area (Å²) in [4.78, 5) is 12.5. The Morgan fingerprint density at radius 3 is 2.19 bits per heavy atom. The van der Waals surface area contributed by atoms with Crippen LogP contribution >= 0.6 is 0 Å². The third kappa shape index (κ3) is 5.75. The van der Waals surface area contributed by atoms with Gasteiger partial charge in [0.05, 0.1) is 18.9 Å². The molecule has 1 amide bonds. The molecule has 0 aliphatic rings. The van der Waals surface area contributed by atoms with Crippen LogP contribution in [0.25, 0.3) is 10.8 Å². The number of fused-ring (bicyclic) bond motifs is 1. The first kappa shape index (κ1) is 22.6. The molecule has 6 heteroatoms. The standard InChI is InChI=1S/C25H29NO5/c1-25(2,3)31-24(29)26-21-13-22(30-16-17-9-5-4-6-10-17)19-11-7-8-12-20(19)23(21)18(14-27)15-28/h4-13,18,27-28H,14-16H2,1-3H3,(H,26,29). The minimum absolute atomic E-state index is 0.270. The second kappa shape index (κ2) is 9.81. The number of benzene rings is 3. The molecule has 0 spiro atoms. The zero-order valence-corrected chi connectivity index (χ0v) is 18.1. The van der Waals surface area contributed by atoms with Gasteiger partial charge >= 0.3 is 6.09 Å². The minimum Gasteiger partial charge on any atom is -0.488 e. The van der Waals surface area contributed by atoms with Crippen molar-refractivity contribution in [2.24, 2.45) is 0 Å². The van der Waals surface area contributed by atoms with Crippen LogP contribution in [0.2, 0.25) is 0 Å². The van der Waals surface area contributed by atoms with Crippen LogP contribution in [0.3, 0.4) is 0 Å². The maximum atomic E-state index is 12.5. The number of carbonyl (C=O) groups is 1. The predicted molar refractivity (Wildman–Crippen MR) is 121 cm³/mol. The van der Waals surface area contributed by atoms with Crippen molar-refractivity contribution in [2.45, 2.75) is 38.9 Å². The number of carbonyl (C=O) groups excluding carboxylic acids is 1. The van der Waals surface area contributed by atoms with Crippen LogP contribution in [0, 0.1) is 0 Å². The molecule has 0 aliphatic heterocycles. The summed E-state index contributed by atoms with van der Waals surface area (Å²) in [7, 11) is 0. The molecule has 0 bridgehead atoms. The van der Waals surface area contributed by atoms with Gasteiger partial charge in [-0.1, -0.05) is 54.6 Å². The van der Waals surface area contributed by atoms with Gasteiger partial charge in [-0.15, -0.1) is 0 Å². The average molecular weight is 424 g/mol. The van der Waals surface area contributed by atoms with Crippen molar-refractivity contribution >= 4 is 22.6 Å². The van der Waals surface area contributed by atoms with E-state index in [-0.39, 0.29) is 13.2 Å². The molecular weight excluding hydrogens is 394 g/mol. The van der Waals surface area contributed by atoms with Gasteiger partial charge in [0, 0.05) is 17.4 Å². The average Bonchev–Trinajstić information content (AvgIpc) is 2.73. The third-order valence-corrected chi connectivity index (χ3v) is 4.77. The van der Waals surface area contributed by atoms with Crippen molar-refractivity contribution in [1.82, 2.24) is 0 Å². The van der Waals surface area contributed by atoms with Crippen LogP contribution in [-0.2, 0) is 11.3 Å². The molecule has 0 atom stereocenters. The van der Waals surface area contributed by atoms with E-state index in [1.165, 1.54) is 0 Å². The monoisotopic (exact) mass is 423 g/mol. The summed E-state index contributed by atoms with van der Waals surface area (Å²) in [5.41, 5.74) is 1.42. The SMILES string of the molecule is CC(C)(C)OC(=O)Nc1cc(OCc2ccccc2)c2ccccc2c1C(CO)CO. The molecular formula is C25H29NO5. The number of hydrogen-bond acceptors (Lipinski definition) is 5. The first-order chi connectivity index (χ1) is 14.8. The second-order valence-electron chi connectivity index (χ2n) is 8.34. The number of anilines is 1. The van der Waals surface area contributed by atoms with E-state index in [9.17, 15) is 15.0 Å². The zero-order valence-electron chi connectivity index (χ0n) is 18.1. The van der Waals surface area contributed by atoms with Crippen molar-refractivity contribution in [3.63, 3.8) is 0 Å². The molecule has 0 unspecified atom stereocenters. The minimum atomic E-state index is -0.666. The lowest BCUT2D eigenvalue weighted by atomic mass is 9.92. The van der Waals surface area contributed by atoms with Gasteiger partial charge in [-0.25, -0.2) is 4.79 Å². The van der Waals surface area contributed by atoms with Crippen LogP contribution in [0.5, 0.6) is 5.75 Å². The van der Waals surface area contributed by atoms with Crippen molar-refractivity contribution in [3.8, 4) is 5.75 Å². The van der Waals surface area contributed by atoms with E-state index in [1.807, 2.05) is 54.6 Å². The lowest BCUT2D eigenvalue weighted by Gasteiger charge is -2.24. The Morgan fingerprint density at radius 2 is 1.58 bits per heavy atom. The topological polar surface area (TPSA) is 88.0 Å². The van der Waals surface area contributed by atoms with Gasteiger partial charge in [-0.2, -0.15) is 0 Å². The number of aliphatic hydroxyl groups is 2. The number of ether oxygens (including phenoxy) is 2. The largest absolute Gasteiger partial charge is 0.488 e. The maximum Gasteiger partial charge on any atom is 0.412 e. The summed E-state index contributed by atoms with van der Waals surface area (Å²) >= 11 is 0. The highest BCUT2D eigenvalue weighted by Crippen LogP contribution is 2.39. The maximum absolute atomic E-state index is 12.5.